The van der Waals surface area contributed by atoms with E-state index in [9.17, 15) is 30.3 Å². The maximum absolute atomic E-state index is 13.3. The van der Waals surface area contributed by atoms with Gasteiger partial charge in [-0.25, -0.2) is 0 Å². The molecule has 10 heteroatoms. The van der Waals surface area contributed by atoms with Crippen LogP contribution in [0.25, 0.3) is 0 Å². The first-order valence-corrected chi connectivity index (χ1v) is 24.2. The number of allylic oxidation sites excluding steroid dienone is 9. The highest BCUT2D eigenvalue weighted by Gasteiger charge is 2.71. The van der Waals surface area contributed by atoms with Crippen molar-refractivity contribution >= 4 is 6.29 Å². The standard InChI is InChI=1S/C54H80N2O8/c1-36(2)29-46(59)64-34-44(14-8-11-37(3)42-17-16-38(4)50(61)56-51(5,25-28-63-7)32-40-13-9-12-39(30-40)31-42)45-19-23-54(49(45)60)48-41(20-27-57)18-22-52(35-53(54,62)24-26-55-6)21-10-15-43(33-58)47(48)52/h8-9,11-14,16,18,22,30,33,36,41-42,45-46,48-50,55-57,59-62H,3,10,15,17,19-21,23-29,31-32,34-35H2,1-2,4-7H3/b11-8+,38-16+,44-14-/t41-,42-,45-,46-,48+,49+,50+,51+,52+,53+,54+/m0/s1. The zero-order valence-corrected chi connectivity index (χ0v) is 39.7. The number of carbonyl (C=O) groups is 1. The summed E-state index contributed by atoms with van der Waals surface area (Å²) in [5.41, 5.74) is 3.77. The van der Waals surface area contributed by atoms with Crippen LogP contribution in [-0.4, -0.2) is 102 Å². The van der Waals surface area contributed by atoms with Crippen LogP contribution < -0.4 is 10.6 Å². The van der Waals surface area contributed by atoms with Crippen molar-refractivity contribution in [2.75, 3.05) is 40.5 Å². The molecule has 6 rings (SSSR count). The number of benzene rings is 1. The molecule has 1 spiro atoms. The Morgan fingerprint density at radius 1 is 1.16 bits per heavy atom. The third kappa shape index (κ3) is 10.7. The number of aldehydes is 1. The second-order valence-corrected chi connectivity index (χ2v) is 20.8. The Bertz CT molecular complexity index is 1940. The van der Waals surface area contributed by atoms with Crippen molar-refractivity contribution in [2.45, 2.75) is 141 Å². The van der Waals surface area contributed by atoms with E-state index in [4.69, 9.17) is 9.47 Å². The number of aliphatic hydroxyl groups is 5. The van der Waals surface area contributed by atoms with Gasteiger partial charge in [-0.05, 0) is 162 Å². The first-order chi connectivity index (χ1) is 30.6. The Hall–Kier alpha value is -3.03. The first-order valence-electron chi connectivity index (χ1n) is 24.2. The smallest absolute Gasteiger partial charge is 0.155 e. The molecule has 11 atom stereocenters. The van der Waals surface area contributed by atoms with E-state index in [2.05, 4.69) is 66.6 Å². The van der Waals surface area contributed by atoms with E-state index < -0.39 is 41.0 Å². The Labute approximate surface area is 383 Å². The number of rotatable bonds is 18. The third-order valence-electron chi connectivity index (χ3n) is 15.9. The van der Waals surface area contributed by atoms with Crippen molar-refractivity contribution < 1.29 is 39.8 Å². The molecule has 1 aliphatic heterocycles. The van der Waals surface area contributed by atoms with E-state index in [1.807, 2.05) is 46.0 Å². The molecular formula is C54H80N2O8. The Morgan fingerprint density at radius 3 is 2.66 bits per heavy atom. The molecule has 4 bridgehead atoms. The van der Waals surface area contributed by atoms with Crippen molar-refractivity contribution in [2.24, 2.45) is 40.4 Å². The normalized spacial score (nSPS) is 35.8. The van der Waals surface area contributed by atoms with Crippen LogP contribution in [0.5, 0.6) is 0 Å². The Morgan fingerprint density at radius 2 is 1.94 bits per heavy atom. The fourth-order valence-corrected chi connectivity index (χ4v) is 12.6. The molecule has 4 aliphatic carbocycles. The van der Waals surface area contributed by atoms with Crippen molar-refractivity contribution in [1.29, 1.82) is 0 Å². The topological polar surface area (TPSA) is 161 Å². The molecule has 1 aromatic carbocycles. The fourth-order valence-electron chi connectivity index (χ4n) is 12.6. The zero-order chi connectivity index (χ0) is 46.3. The van der Waals surface area contributed by atoms with Crippen molar-refractivity contribution in [3.63, 3.8) is 0 Å². The molecule has 5 aliphatic rings. The van der Waals surface area contributed by atoms with Gasteiger partial charge in [0.25, 0.3) is 0 Å². The van der Waals surface area contributed by atoms with Crippen LogP contribution in [-0.2, 0) is 27.1 Å². The van der Waals surface area contributed by atoms with E-state index in [0.29, 0.717) is 64.5 Å². The van der Waals surface area contributed by atoms with E-state index >= 15 is 0 Å². The van der Waals surface area contributed by atoms with Gasteiger partial charge in [-0.2, -0.15) is 0 Å². The maximum atomic E-state index is 13.3. The number of carbonyl (C=O) groups excluding carboxylic acids is 1. The molecular weight excluding hydrogens is 805 g/mol. The number of hydrogen-bond donors (Lipinski definition) is 7. The monoisotopic (exact) mass is 885 g/mol. The lowest BCUT2D eigenvalue weighted by Gasteiger charge is -2.66. The lowest BCUT2D eigenvalue weighted by molar-refractivity contribution is -0.207. The van der Waals surface area contributed by atoms with Gasteiger partial charge in [0.05, 0.1) is 18.3 Å². The molecule has 0 aromatic heterocycles. The number of methoxy groups -OCH3 is 1. The second-order valence-electron chi connectivity index (χ2n) is 20.8. The van der Waals surface area contributed by atoms with Gasteiger partial charge in [0.1, 0.15) is 12.5 Å². The van der Waals surface area contributed by atoms with Gasteiger partial charge in [0.15, 0.2) is 6.29 Å². The summed E-state index contributed by atoms with van der Waals surface area (Å²) in [4.78, 5) is 12.9. The molecule has 2 saturated carbocycles. The first kappa shape index (κ1) is 50.4. The minimum atomic E-state index is -1.27. The van der Waals surface area contributed by atoms with Crippen LogP contribution in [0.2, 0.25) is 0 Å². The Kier molecular flexibility index (Phi) is 17.1. The summed E-state index contributed by atoms with van der Waals surface area (Å²) in [5.74, 6) is -0.625. The van der Waals surface area contributed by atoms with Gasteiger partial charge in [0.2, 0.25) is 0 Å². The molecule has 0 saturated heterocycles. The third-order valence-corrected chi connectivity index (χ3v) is 15.9. The van der Waals surface area contributed by atoms with Crippen LogP contribution >= 0.6 is 0 Å². The number of hydrogen-bond acceptors (Lipinski definition) is 10. The van der Waals surface area contributed by atoms with E-state index in [1.54, 1.807) is 7.11 Å². The van der Waals surface area contributed by atoms with Crippen LogP contribution in [0.15, 0.2) is 95.2 Å². The van der Waals surface area contributed by atoms with Gasteiger partial charge in [0, 0.05) is 49.0 Å². The maximum Gasteiger partial charge on any atom is 0.155 e. The zero-order valence-electron chi connectivity index (χ0n) is 39.7. The van der Waals surface area contributed by atoms with Crippen molar-refractivity contribution in [1.82, 2.24) is 10.6 Å². The average molecular weight is 885 g/mol. The van der Waals surface area contributed by atoms with Crippen LogP contribution in [0.3, 0.4) is 0 Å². The quantitative estimate of drug-likeness (QED) is 0.0348. The van der Waals surface area contributed by atoms with Crippen LogP contribution in [0.4, 0.5) is 0 Å². The second kappa shape index (κ2) is 21.7. The predicted octanol–water partition coefficient (Wildman–Crippen LogP) is 7.21. The molecule has 0 amide bonds. The van der Waals surface area contributed by atoms with Crippen LogP contribution in [0, 0.1) is 40.4 Å². The van der Waals surface area contributed by atoms with Gasteiger partial charge in [-0.15, -0.1) is 0 Å². The summed E-state index contributed by atoms with van der Waals surface area (Å²) < 4.78 is 11.6. The van der Waals surface area contributed by atoms with Crippen molar-refractivity contribution in [3.05, 3.63) is 106 Å². The summed E-state index contributed by atoms with van der Waals surface area (Å²) >= 11 is 0. The molecule has 0 radical (unpaired) electrons. The average Bonchev–Trinajstić information content (AvgIpc) is 3.60. The minimum Gasteiger partial charge on any atom is -0.396 e. The molecule has 64 heavy (non-hydrogen) atoms. The predicted molar refractivity (Wildman–Crippen MR) is 254 cm³/mol. The molecule has 354 valence electrons. The fraction of sp³-hybridized carbons (Fsp3) is 0.648. The molecule has 2 fully saturated rings. The van der Waals surface area contributed by atoms with Crippen molar-refractivity contribution in [3.8, 4) is 0 Å². The lowest BCUT2D eigenvalue weighted by Crippen LogP contribution is -2.67. The Balaban J connectivity index is 1.36. The summed E-state index contributed by atoms with van der Waals surface area (Å²) in [6.45, 7) is 14.0. The largest absolute Gasteiger partial charge is 0.396 e. The number of aliphatic hydroxyl groups excluding tert-OH is 4. The summed E-state index contributed by atoms with van der Waals surface area (Å²) in [7, 11) is 3.59. The molecule has 1 aromatic rings. The van der Waals surface area contributed by atoms with Gasteiger partial charge in [-0.3, -0.25) is 10.1 Å². The number of nitrogens with one attached hydrogen (secondary N) is 2. The minimum absolute atomic E-state index is 0.0394. The molecule has 10 nitrogen and oxygen atoms in total. The lowest BCUT2D eigenvalue weighted by atomic mass is 9.40. The SMILES string of the molecule is C=C(/C=C/C=C(/CO[C@H](O)CC(C)C)[C@@H]1CC[C@]2([C@@H]1O)[C@H]1C3=C(C=O)CCC[C@@]3(C=C[C@H]1CCO)C[C@]2(O)CCNC)[C@H]1C/C=C(\C)[C@@H](O)N[C@](C)(CCOC)Cc2cccc(c2)C1. The van der Waals surface area contributed by atoms with E-state index in [1.165, 1.54) is 11.1 Å². The van der Waals surface area contributed by atoms with Gasteiger partial charge < -0.3 is 40.3 Å². The molecule has 0 unspecified atom stereocenters. The summed E-state index contributed by atoms with van der Waals surface area (Å²) in [6, 6.07) is 8.68. The van der Waals surface area contributed by atoms with Crippen LogP contribution in [0.1, 0.15) is 109 Å². The number of ether oxygens (including phenoxy) is 2. The van der Waals surface area contributed by atoms with E-state index in [0.717, 1.165) is 66.3 Å². The summed E-state index contributed by atoms with van der Waals surface area (Å²) in [6.07, 6.45) is 19.0. The molecule has 1 heterocycles. The van der Waals surface area contributed by atoms with Gasteiger partial charge >= 0.3 is 0 Å². The molecule has 7 N–H and O–H groups in total. The van der Waals surface area contributed by atoms with Gasteiger partial charge in [-0.1, -0.05) is 86.7 Å². The number of fused-ring (bicyclic) bond motifs is 3. The summed E-state index contributed by atoms with van der Waals surface area (Å²) in [5, 5.41) is 66.0. The highest BCUT2D eigenvalue weighted by molar-refractivity contribution is 5.77. The van der Waals surface area contributed by atoms with E-state index in [-0.39, 0.29) is 42.4 Å². The highest BCUT2D eigenvalue weighted by Crippen LogP contribution is 2.72. The highest BCUT2D eigenvalue weighted by atomic mass is 16.6.